The smallest absolute Gasteiger partial charge is 0.252 e. The summed E-state index contributed by atoms with van der Waals surface area (Å²) >= 11 is 0. The van der Waals surface area contributed by atoms with Crippen LogP contribution in [0.5, 0.6) is 0 Å². The summed E-state index contributed by atoms with van der Waals surface area (Å²) in [4.78, 5) is 21.2. The van der Waals surface area contributed by atoms with Gasteiger partial charge in [0.2, 0.25) is 0 Å². The summed E-state index contributed by atoms with van der Waals surface area (Å²) in [6.07, 6.45) is 2.96. The molecule has 0 amide bonds. The van der Waals surface area contributed by atoms with Crippen LogP contribution in [0.1, 0.15) is 65.1 Å². The molecule has 1 atom stereocenters. The van der Waals surface area contributed by atoms with Crippen LogP contribution in [0.25, 0.3) is 5.78 Å². The number of aryl methyl sites for hydroxylation is 1. The number of carbonyl (C=O) groups excluding carboxylic acids is 1. The van der Waals surface area contributed by atoms with Crippen molar-refractivity contribution < 1.29 is 4.79 Å². The number of carbonyl (C=O) groups is 1. The molecule has 0 saturated carbocycles. The molecule has 0 aliphatic heterocycles. The molecule has 1 unspecified atom stereocenters. The second kappa shape index (κ2) is 5.51. The molecule has 4 rings (SSSR count). The first-order chi connectivity index (χ1) is 11.5. The Morgan fingerprint density at radius 1 is 1.17 bits per heavy atom. The highest BCUT2D eigenvalue weighted by Gasteiger charge is 2.29. The maximum absolute atomic E-state index is 12.6. The molecular formula is C19H20N4O. The van der Waals surface area contributed by atoms with Crippen LogP contribution < -0.4 is 0 Å². The summed E-state index contributed by atoms with van der Waals surface area (Å²) in [7, 11) is 0. The number of fused-ring (bicyclic) bond motifs is 3. The van der Waals surface area contributed by atoms with E-state index in [1.807, 2.05) is 6.92 Å². The average Bonchev–Trinajstić information content (AvgIpc) is 2.95. The van der Waals surface area contributed by atoms with Gasteiger partial charge in [0.1, 0.15) is 5.82 Å². The number of benzene rings is 1. The van der Waals surface area contributed by atoms with Crippen molar-refractivity contribution in [1.29, 1.82) is 0 Å². The lowest BCUT2D eigenvalue weighted by atomic mass is 9.81. The summed E-state index contributed by atoms with van der Waals surface area (Å²) in [5.74, 6) is 2.07. The zero-order valence-corrected chi connectivity index (χ0v) is 14.2. The molecule has 1 aliphatic rings. The van der Waals surface area contributed by atoms with E-state index in [-0.39, 0.29) is 11.7 Å². The van der Waals surface area contributed by atoms with Crippen molar-refractivity contribution in [2.45, 2.75) is 45.4 Å². The fourth-order valence-electron chi connectivity index (χ4n) is 3.44. The van der Waals surface area contributed by atoms with Crippen molar-refractivity contribution in [2.24, 2.45) is 0 Å². The van der Waals surface area contributed by atoms with Gasteiger partial charge in [-0.05, 0) is 36.3 Å². The zero-order chi connectivity index (χ0) is 16.8. The monoisotopic (exact) mass is 320 g/mol. The van der Waals surface area contributed by atoms with Gasteiger partial charge in [-0.15, -0.1) is 0 Å². The van der Waals surface area contributed by atoms with Crippen molar-refractivity contribution >= 4 is 11.6 Å². The van der Waals surface area contributed by atoms with Gasteiger partial charge in [0.15, 0.2) is 5.78 Å². The standard InChI is InChI=1S/C19H20N4O/c1-11(2)13-4-6-14(7-5-13)15-8-17-16(18(24)9-15)10-20-19-21-12(3)22-23(17)19/h4-7,10-11,15H,8-9H2,1-3H3. The summed E-state index contributed by atoms with van der Waals surface area (Å²) < 4.78 is 1.73. The second-order valence-corrected chi connectivity index (χ2v) is 6.84. The summed E-state index contributed by atoms with van der Waals surface area (Å²) in [5, 5.41) is 4.42. The molecule has 0 fully saturated rings. The molecule has 1 aliphatic carbocycles. The number of Topliss-reactive ketones (excluding diaryl/α,β-unsaturated/α-hetero) is 1. The molecule has 0 saturated heterocycles. The largest absolute Gasteiger partial charge is 0.294 e. The number of ketones is 1. The van der Waals surface area contributed by atoms with Crippen LogP contribution in [0.3, 0.4) is 0 Å². The Morgan fingerprint density at radius 2 is 1.92 bits per heavy atom. The first kappa shape index (κ1) is 15.0. The van der Waals surface area contributed by atoms with Crippen molar-refractivity contribution in [3.8, 4) is 0 Å². The van der Waals surface area contributed by atoms with Crippen LogP contribution >= 0.6 is 0 Å². The quantitative estimate of drug-likeness (QED) is 0.725. The van der Waals surface area contributed by atoms with Crippen molar-refractivity contribution in [2.75, 3.05) is 0 Å². The minimum absolute atomic E-state index is 0.136. The first-order valence-corrected chi connectivity index (χ1v) is 8.37. The number of rotatable bonds is 2. The third-order valence-electron chi connectivity index (χ3n) is 4.82. The highest BCUT2D eigenvalue weighted by Crippen LogP contribution is 2.33. The summed E-state index contributed by atoms with van der Waals surface area (Å²) in [6.45, 7) is 6.21. The minimum Gasteiger partial charge on any atom is -0.294 e. The predicted octanol–water partition coefficient (Wildman–Crippen LogP) is 3.47. The molecule has 3 aromatic rings. The highest BCUT2D eigenvalue weighted by molar-refractivity contribution is 5.98. The van der Waals surface area contributed by atoms with Crippen molar-refractivity contribution in [1.82, 2.24) is 19.6 Å². The Balaban J connectivity index is 1.74. The molecule has 5 nitrogen and oxygen atoms in total. The van der Waals surface area contributed by atoms with Gasteiger partial charge in [0.25, 0.3) is 5.78 Å². The summed E-state index contributed by atoms with van der Waals surface area (Å²) in [6, 6.07) is 8.65. The third-order valence-corrected chi connectivity index (χ3v) is 4.82. The summed E-state index contributed by atoms with van der Waals surface area (Å²) in [5.41, 5.74) is 4.14. The van der Waals surface area contributed by atoms with E-state index in [1.165, 1.54) is 11.1 Å². The Labute approximate surface area is 140 Å². The van der Waals surface area contributed by atoms with E-state index in [0.717, 1.165) is 12.1 Å². The normalized spacial score (nSPS) is 17.5. The van der Waals surface area contributed by atoms with Gasteiger partial charge in [0, 0.05) is 12.6 Å². The van der Waals surface area contributed by atoms with E-state index in [0.29, 0.717) is 29.5 Å². The van der Waals surface area contributed by atoms with Crippen LogP contribution in [0, 0.1) is 6.92 Å². The van der Waals surface area contributed by atoms with Gasteiger partial charge >= 0.3 is 0 Å². The Hall–Kier alpha value is -2.56. The number of hydrogen-bond acceptors (Lipinski definition) is 4. The van der Waals surface area contributed by atoms with Gasteiger partial charge in [-0.3, -0.25) is 4.79 Å². The highest BCUT2D eigenvalue weighted by atomic mass is 16.1. The van der Waals surface area contributed by atoms with E-state index in [4.69, 9.17) is 0 Å². The van der Waals surface area contributed by atoms with Crippen molar-refractivity contribution in [3.63, 3.8) is 0 Å². The number of nitrogens with zero attached hydrogens (tertiary/aromatic N) is 4. The Kier molecular flexibility index (Phi) is 3.44. The fraction of sp³-hybridized carbons (Fsp3) is 0.368. The van der Waals surface area contributed by atoms with Gasteiger partial charge in [-0.1, -0.05) is 38.1 Å². The number of hydrogen-bond donors (Lipinski definition) is 0. The molecule has 0 N–H and O–H groups in total. The molecule has 2 heterocycles. The third kappa shape index (κ3) is 2.40. The predicted molar refractivity (Wildman–Crippen MR) is 91.4 cm³/mol. The maximum Gasteiger partial charge on any atom is 0.252 e. The molecule has 24 heavy (non-hydrogen) atoms. The molecule has 0 spiro atoms. The lowest BCUT2D eigenvalue weighted by Gasteiger charge is -2.24. The average molecular weight is 320 g/mol. The van der Waals surface area contributed by atoms with Gasteiger partial charge in [0.05, 0.1) is 11.3 Å². The molecular weight excluding hydrogens is 300 g/mol. The van der Waals surface area contributed by atoms with E-state index in [9.17, 15) is 4.79 Å². The fourth-order valence-corrected chi connectivity index (χ4v) is 3.44. The van der Waals surface area contributed by atoms with E-state index in [1.54, 1.807) is 10.7 Å². The molecule has 2 aromatic heterocycles. The van der Waals surface area contributed by atoms with Gasteiger partial charge in [-0.2, -0.15) is 10.1 Å². The van der Waals surface area contributed by atoms with Gasteiger partial charge in [-0.25, -0.2) is 9.50 Å². The Bertz CT molecular complexity index is 924. The van der Waals surface area contributed by atoms with Crippen molar-refractivity contribution in [3.05, 3.63) is 58.7 Å². The van der Waals surface area contributed by atoms with Gasteiger partial charge < -0.3 is 0 Å². The molecule has 5 heteroatoms. The Morgan fingerprint density at radius 3 is 2.62 bits per heavy atom. The SMILES string of the molecule is Cc1nc2ncc3c(n2n1)CC(c1ccc(C(C)C)cc1)CC3=O. The van der Waals surface area contributed by atoms with E-state index in [2.05, 4.69) is 53.2 Å². The van der Waals surface area contributed by atoms with Crippen LogP contribution in [0.15, 0.2) is 30.5 Å². The molecule has 0 bridgehead atoms. The van der Waals surface area contributed by atoms with E-state index >= 15 is 0 Å². The molecule has 0 radical (unpaired) electrons. The lowest BCUT2D eigenvalue weighted by molar-refractivity contribution is 0.0962. The zero-order valence-electron chi connectivity index (χ0n) is 14.2. The van der Waals surface area contributed by atoms with Crippen LogP contribution in [-0.4, -0.2) is 25.4 Å². The topological polar surface area (TPSA) is 60.1 Å². The van der Waals surface area contributed by atoms with E-state index < -0.39 is 0 Å². The second-order valence-electron chi connectivity index (χ2n) is 6.84. The lowest BCUT2D eigenvalue weighted by Crippen LogP contribution is -2.22. The minimum atomic E-state index is 0.136. The van der Waals surface area contributed by atoms with Crippen LogP contribution in [-0.2, 0) is 6.42 Å². The van der Waals surface area contributed by atoms with Crippen LogP contribution in [0.4, 0.5) is 0 Å². The first-order valence-electron chi connectivity index (χ1n) is 8.37. The molecule has 1 aromatic carbocycles. The van der Waals surface area contributed by atoms with Crippen LogP contribution in [0.2, 0.25) is 0 Å². The molecule has 122 valence electrons. The number of aromatic nitrogens is 4. The maximum atomic E-state index is 12.6.